The Morgan fingerprint density at radius 3 is 1.05 bits per heavy atom. The van der Waals surface area contributed by atoms with Crippen molar-refractivity contribution in [2.45, 2.75) is 35.9 Å². The second-order valence-electron chi connectivity index (χ2n) is 13.4. The number of imide groups is 2. The maximum absolute atomic E-state index is 14.1. The van der Waals surface area contributed by atoms with Crippen LogP contribution in [0.3, 0.4) is 0 Å². The number of hydrogen-bond donors (Lipinski definition) is 0. The van der Waals surface area contributed by atoms with Crippen LogP contribution in [0.1, 0.15) is 35.1 Å². The van der Waals surface area contributed by atoms with E-state index in [1.807, 2.05) is 129 Å². The predicted octanol–water partition coefficient (Wildman–Crippen LogP) is 10.1. The van der Waals surface area contributed by atoms with Crippen LogP contribution in [0.5, 0.6) is 0 Å². The lowest BCUT2D eigenvalue weighted by Crippen LogP contribution is -2.36. The largest absolute Gasteiger partial charge is 0.274 e. The lowest BCUT2D eigenvalue weighted by atomic mass is 10.1. The van der Waals surface area contributed by atoms with Gasteiger partial charge in [0, 0.05) is 35.9 Å². The number of rotatable bonds is 16. The van der Waals surface area contributed by atoms with E-state index in [-0.39, 0.29) is 24.2 Å². The first kappa shape index (κ1) is 41.7. The van der Waals surface area contributed by atoms with Crippen LogP contribution in [0, 0.1) is 11.8 Å². The zero-order chi connectivity index (χ0) is 40.4. The second kappa shape index (κ2) is 20.0. The molecule has 0 bridgehead atoms. The maximum atomic E-state index is 14.1. The molecule has 5 aromatic rings. The molecule has 2 unspecified atom stereocenters. The number of hydrogen-bond acceptors (Lipinski definition) is 10. The third-order valence-corrected chi connectivity index (χ3v) is 15.6. The molecule has 4 amide bonds. The summed E-state index contributed by atoms with van der Waals surface area (Å²) in [6, 6.07) is 46.4. The number of thiocarbonyl (C=S) groups is 2. The van der Waals surface area contributed by atoms with Crippen LogP contribution in [0.2, 0.25) is 0 Å². The third-order valence-electron chi connectivity index (χ3n) is 9.36. The van der Waals surface area contributed by atoms with Crippen molar-refractivity contribution >= 4 is 117 Å². The first-order chi connectivity index (χ1) is 28.3. The van der Waals surface area contributed by atoms with Gasteiger partial charge in [0.1, 0.15) is 9.98 Å². The van der Waals surface area contributed by atoms with Gasteiger partial charge >= 0.3 is 0 Å². The smallest absolute Gasteiger partial charge is 0.244 e. The Kier molecular flexibility index (Phi) is 14.4. The van der Waals surface area contributed by atoms with E-state index < -0.39 is 35.5 Å². The Hall–Kier alpha value is -4.44. The average Bonchev–Trinajstić information content (AvgIpc) is 3.73. The molecule has 8 nitrogen and oxygen atoms in total. The van der Waals surface area contributed by atoms with Crippen LogP contribution >= 0.6 is 72.2 Å². The van der Waals surface area contributed by atoms with Gasteiger partial charge in [0.05, 0.1) is 23.2 Å². The molecule has 0 radical (unpaired) electrons. The summed E-state index contributed by atoms with van der Waals surface area (Å²) in [7, 11) is 0. The van der Waals surface area contributed by atoms with E-state index in [0.29, 0.717) is 33.0 Å². The van der Waals surface area contributed by atoms with E-state index >= 15 is 0 Å². The molecule has 2 saturated heterocycles. The van der Waals surface area contributed by atoms with E-state index in [9.17, 15) is 19.2 Å². The van der Waals surface area contributed by atoms with Gasteiger partial charge in [-0.3, -0.25) is 26.6 Å². The molecule has 0 aliphatic carbocycles. The third kappa shape index (κ3) is 10.2. The number of nitrogens with zero attached hydrogens (tertiary/aromatic N) is 4. The fourth-order valence-corrected chi connectivity index (χ4v) is 11.5. The fourth-order valence-electron chi connectivity index (χ4n) is 6.38. The molecule has 2 atom stereocenters. The highest BCUT2D eigenvalue weighted by Crippen LogP contribution is 2.39. The second-order valence-corrected chi connectivity index (χ2v) is 18.3. The van der Waals surface area contributed by atoms with Gasteiger partial charge in [-0.2, -0.15) is 0 Å². The van der Waals surface area contributed by atoms with Crippen LogP contribution < -0.4 is 9.80 Å². The molecular formula is C44H38N4O4S6. The van der Waals surface area contributed by atoms with Crippen molar-refractivity contribution in [3.63, 3.8) is 0 Å². The highest BCUT2D eigenvalue weighted by Gasteiger charge is 2.46. The molecule has 0 saturated carbocycles. The molecule has 58 heavy (non-hydrogen) atoms. The fraction of sp³-hybridized carbons (Fsp3) is 0.182. The van der Waals surface area contributed by atoms with E-state index in [1.165, 1.54) is 47.8 Å². The van der Waals surface area contributed by atoms with E-state index in [4.69, 9.17) is 24.4 Å². The Labute approximate surface area is 366 Å². The molecule has 2 fully saturated rings. The average molecular weight is 879 g/mol. The molecule has 7 rings (SSSR count). The number of carbonyl (C=O) groups is 4. The maximum Gasteiger partial charge on any atom is 0.244 e. The van der Waals surface area contributed by atoms with E-state index in [1.54, 1.807) is 24.3 Å². The van der Waals surface area contributed by atoms with E-state index in [0.717, 1.165) is 32.1 Å². The monoisotopic (exact) mass is 878 g/mol. The summed E-state index contributed by atoms with van der Waals surface area (Å²) >= 11 is 17.9. The number of anilines is 2. The van der Waals surface area contributed by atoms with Crippen molar-refractivity contribution in [3.8, 4) is 0 Å². The standard InChI is InChI=1S/C44H38N4O4S6/c49-39-25-37(43(53)47(55-27-31-14-5-1-6-15-31)56-28-32-16-7-2-8-17-32)41(51)45(39)35-22-13-23-36(24-35)46-40(50)26-38(42(46)52)44(54)48(57-29-33-18-9-3-10-19-33)58-30-34-20-11-4-12-21-34/h1-24,37-38H,25-30H2. The van der Waals surface area contributed by atoms with Gasteiger partial charge in [-0.1, -0.05) is 152 Å². The van der Waals surface area contributed by atoms with Crippen LogP contribution in [-0.4, -0.2) is 41.0 Å². The first-order valence-corrected chi connectivity index (χ1v) is 23.0. The number of benzene rings is 5. The minimum absolute atomic E-state index is 0.0920. The Bertz CT molecular complexity index is 2030. The summed E-state index contributed by atoms with van der Waals surface area (Å²) < 4.78 is 3.77. The Morgan fingerprint density at radius 2 is 0.759 bits per heavy atom. The van der Waals surface area contributed by atoms with Gasteiger partial charge in [0.2, 0.25) is 23.6 Å². The summed E-state index contributed by atoms with van der Waals surface area (Å²) in [4.78, 5) is 58.4. The topological polar surface area (TPSA) is 81.2 Å². The quantitative estimate of drug-likeness (QED) is 0.0538. The lowest BCUT2D eigenvalue weighted by molar-refractivity contribution is -0.123. The van der Waals surface area contributed by atoms with Gasteiger partial charge in [-0.15, -0.1) is 0 Å². The highest BCUT2D eigenvalue weighted by atomic mass is 32.2. The molecular weight excluding hydrogens is 841 g/mol. The van der Waals surface area contributed by atoms with Crippen LogP contribution in [0.25, 0.3) is 0 Å². The zero-order valence-corrected chi connectivity index (χ0v) is 36.0. The van der Waals surface area contributed by atoms with Crippen molar-refractivity contribution in [3.05, 3.63) is 168 Å². The van der Waals surface area contributed by atoms with Gasteiger partial charge < -0.3 is 0 Å². The van der Waals surface area contributed by atoms with Crippen LogP contribution in [0.4, 0.5) is 11.4 Å². The molecule has 294 valence electrons. The Balaban J connectivity index is 1.06. The molecule has 2 aliphatic heterocycles. The van der Waals surface area contributed by atoms with Crippen LogP contribution in [-0.2, 0) is 42.2 Å². The van der Waals surface area contributed by atoms with Gasteiger partial charge in [-0.05, 0) is 88.2 Å². The van der Waals surface area contributed by atoms with Crippen molar-refractivity contribution in [2.24, 2.45) is 11.8 Å². The molecule has 2 heterocycles. The molecule has 0 N–H and O–H groups in total. The van der Waals surface area contributed by atoms with Crippen molar-refractivity contribution in [2.75, 3.05) is 9.80 Å². The number of amides is 4. The van der Waals surface area contributed by atoms with Gasteiger partial charge in [0.25, 0.3) is 0 Å². The Morgan fingerprint density at radius 1 is 0.466 bits per heavy atom. The minimum Gasteiger partial charge on any atom is -0.274 e. The first-order valence-electron chi connectivity index (χ1n) is 18.5. The molecule has 5 aromatic carbocycles. The lowest BCUT2D eigenvalue weighted by Gasteiger charge is -2.26. The van der Waals surface area contributed by atoms with Crippen molar-refractivity contribution in [1.29, 1.82) is 0 Å². The highest BCUT2D eigenvalue weighted by molar-refractivity contribution is 8.13. The van der Waals surface area contributed by atoms with Gasteiger partial charge in [0.15, 0.2) is 0 Å². The SMILES string of the molecule is O=C1CC(C(=S)N(SCc2ccccc2)SCc2ccccc2)C(=O)N1c1cccc(N2C(=O)CC(C(=S)N(SCc3ccccc3)SCc3ccccc3)C2=O)c1. The van der Waals surface area contributed by atoms with Crippen molar-refractivity contribution < 1.29 is 19.2 Å². The van der Waals surface area contributed by atoms with Gasteiger partial charge in [-0.25, -0.2) is 9.80 Å². The summed E-state index contributed by atoms with van der Waals surface area (Å²) in [6.07, 6.45) is -0.184. The van der Waals surface area contributed by atoms with Crippen molar-refractivity contribution in [1.82, 2.24) is 7.42 Å². The minimum atomic E-state index is -0.859. The number of carbonyl (C=O) groups excluding carboxylic acids is 4. The summed E-state index contributed by atoms with van der Waals surface area (Å²) in [6.45, 7) is 0. The van der Waals surface area contributed by atoms with Crippen LogP contribution in [0.15, 0.2) is 146 Å². The van der Waals surface area contributed by atoms with E-state index in [2.05, 4.69) is 0 Å². The zero-order valence-electron chi connectivity index (χ0n) is 31.1. The normalized spacial score (nSPS) is 16.6. The molecule has 2 aliphatic rings. The predicted molar refractivity (Wildman–Crippen MR) is 247 cm³/mol. The summed E-state index contributed by atoms with van der Waals surface area (Å²) in [5.74, 6) is -0.923. The molecule has 0 spiro atoms. The summed E-state index contributed by atoms with van der Waals surface area (Å²) in [5.41, 5.74) is 4.95. The molecule has 14 heteroatoms. The summed E-state index contributed by atoms with van der Waals surface area (Å²) in [5, 5.41) is 0. The molecule has 0 aromatic heterocycles.